The van der Waals surface area contributed by atoms with Gasteiger partial charge in [-0.2, -0.15) is 13.2 Å². The molecule has 1 heterocycles. The van der Waals surface area contributed by atoms with Gasteiger partial charge in [0.2, 0.25) is 10.0 Å². The molecule has 0 radical (unpaired) electrons. The van der Waals surface area contributed by atoms with E-state index in [1.165, 1.54) is 24.5 Å². The summed E-state index contributed by atoms with van der Waals surface area (Å²) in [6.07, 6.45) is -1.24. The van der Waals surface area contributed by atoms with Gasteiger partial charge < -0.3 is 0 Å². The number of pyridine rings is 1. The summed E-state index contributed by atoms with van der Waals surface area (Å²) in [5.41, 5.74) is -1.25. The van der Waals surface area contributed by atoms with Crippen molar-refractivity contribution in [1.82, 2.24) is 4.98 Å². The number of benzene rings is 1. The van der Waals surface area contributed by atoms with Gasteiger partial charge >= 0.3 is 6.18 Å². The monoisotopic (exact) mass is 350 g/mol. The number of rotatable bonds is 3. The van der Waals surface area contributed by atoms with E-state index in [2.05, 4.69) is 4.98 Å². The SMILES string of the molecule is CS(=O)(=O)Nc1ccc(-c2cnccc2Cl)c(C(F)(F)F)c1. The van der Waals surface area contributed by atoms with Gasteiger partial charge in [-0.3, -0.25) is 9.71 Å². The Morgan fingerprint density at radius 2 is 1.86 bits per heavy atom. The molecule has 0 spiro atoms. The third-order valence-electron chi connectivity index (χ3n) is 2.69. The summed E-state index contributed by atoms with van der Waals surface area (Å²) in [4.78, 5) is 3.76. The van der Waals surface area contributed by atoms with Crippen molar-refractivity contribution in [3.63, 3.8) is 0 Å². The summed E-state index contributed by atoms with van der Waals surface area (Å²) in [5, 5.41) is 0.115. The Bertz CT molecular complexity index is 807. The molecular weight excluding hydrogens is 341 g/mol. The number of alkyl halides is 3. The first kappa shape index (κ1) is 16.6. The number of sulfonamides is 1. The molecule has 0 atom stereocenters. The van der Waals surface area contributed by atoms with Crippen molar-refractivity contribution in [2.45, 2.75) is 6.18 Å². The average molecular weight is 351 g/mol. The quantitative estimate of drug-likeness (QED) is 0.916. The molecule has 1 N–H and O–H groups in total. The van der Waals surface area contributed by atoms with Gasteiger partial charge in [-0.05, 0) is 23.8 Å². The molecule has 1 aromatic carbocycles. The largest absolute Gasteiger partial charge is 0.417 e. The van der Waals surface area contributed by atoms with Gasteiger partial charge in [0.25, 0.3) is 0 Å². The van der Waals surface area contributed by atoms with Gasteiger partial charge in [-0.15, -0.1) is 0 Å². The van der Waals surface area contributed by atoms with E-state index in [0.717, 1.165) is 18.4 Å². The second-order valence-corrected chi connectivity index (χ2v) is 6.64. The zero-order valence-corrected chi connectivity index (χ0v) is 12.7. The van der Waals surface area contributed by atoms with Gasteiger partial charge in [0.05, 0.1) is 16.8 Å². The van der Waals surface area contributed by atoms with Crippen LogP contribution in [0.5, 0.6) is 0 Å². The number of hydrogen-bond acceptors (Lipinski definition) is 3. The predicted molar refractivity (Wildman–Crippen MR) is 78.2 cm³/mol. The van der Waals surface area contributed by atoms with E-state index in [9.17, 15) is 21.6 Å². The highest BCUT2D eigenvalue weighted by Crippen LogP contribution is 2.40. The second kappa shape index (κ2) is 5.77. The highest BCUT2D eigenvalue weighted by molar-refractivity contribution is 7.92. The number of anilines is 1. The Hall–Kier alpha value is -1.80. The summed E-state index contributed by atoms with van der Waals surface area (Å²) in [7, 11) is -3.68. The first-order valence-corrected chi connectivity index (χ1v) is 8.14. The van der Waals surface area contributed by atoms with Crippen LogP contribution in [0, 0.1) is 0 Å². The summed E-state index contributed by atoms with van der Waals surface area (Å²) in [6, 6.07) is 4.48. The smallest absolute Gasteiger partial charge is 0.284 e. The summed E-state index contributed by atoms with van der Waals surface area (Å²) >= 11 is 5.91. The van der Waals surface area contributed by atoms with Crippen molar-refractivity contribution in [3.05, 3.63) is 47.2 Å². The van der Waals surface area contributed by atoms with Crippen molar-refractivity contribution in [1.29, 1.82) is 0 Å². The van der Waals surface area contributed by atoms with E-state index in [4.69, 9.17) is 11.6 Å². The molecule has 2 aromatic rings. The van der Waals surface area contributed by atoms with E-state index in [1.807, 2.05) is 4.72 Å². The van der Waals surface area contributed by atoms with Crippen LogP contribution in [0.2, 0.25) is 5.02 Å². The fraction of sp³-hybridized carbons (Fsp3) is 0.154. The van der Waals surface area contributed by atoms with Crippen LogP contribution in [0.25, 0.3) is 11.1 Å². The molecule has 118 valence electrons. The average Bonchev–Trinajstić information content (AvgIpc) is 2.37. The van der Waals surface area contributed by atoms with E-state index >= 15 is 0 Å². The second-order valence-electron chi connectivity index (χ2n) is 4.49. The minimum atomic E-state index is -4.68. The first-order chi connectivity index (χ1) is 10.1. The van der Waals surface area contributed by atoms with Crippen LogP contribution in [0.1, 0.15) is 5.56 Å². The number of hydrogen-bond donors (Lipinski definition) is 1. The van der Waals surface area contributed by atoms with Crippen molar-refractivity contribution in [2.24, 2.45) is 0 Å². The molecule has 0 aliphatic rings. The van der Waals surface area contributed by atoms with Crippen molar-refractivity contribution in [2.75, 3.05) is 11.0 Å². The lowest BCUT2D eigenvalue weighted by molar-refractivity contribution is -0.137. The van der Waals surface area contributed by atoms with Crippen LogP contribution < -0.4 is 4.72 Å². The van der Waals surface area contributed by atoms with Gasteiger partial charge in [-0.25, -0.2) is 8.42 Å². The molecule has 0 fully saturated rings. The van der Waals surface area contributed by atoms with Crippen molar-refractivity contribution in [3.8, 4) is 11.1 Å². The summed E-state index contributed by atoms with van der Waals surface area (Å²) in [6.45, 7) is 0. The van der Waals surface area contributed by atoms with Crippen LogP contribution in [-0.4, -0.2) is 19.7 Å². The number of nitrogens with one attached hydrogen (secondary N) is 1. The van der Waals surface area contributed by atoms with E-state index < -0.39 is 21.8 Å². The summed E-state index contributed by atoms with van der Waals surface area (Å²) in [5.74, 6) is 0. The molecule has 0 amide bonds. The Balaban J connectivity index is 2.63. The molecule has 0 saturated carbocycles. The third-order valence-corrected chi connectivity index (χ3v) is 3.62. The molecule has 0 unspecified atom stereocenters. The van der Waals surface area contributed by atoms with Crippen LogP contribution in [0.4, 0.5) is 18.9 Å². The van der Waals surface area contributed by atoms with Crippen molar-refractivity contribution < 1.29 is 21.6 Å². The molecule has 0 bridgehead atoms. The lowest BCUT2D eigenvalue weighted by Crippen LogP contribution is -2.12. The van der Waals surface area contributed by atoms with Crippen LogP contribution in [0.3, 0.4) is 0 Å². The Kier molecular flexibility index (Phi) is 4.35. The number of nitrogens with zero attached hydrogens (tertiary/aromatic N) is 1. The van der Waals surface area contributed by atoms with Gasteiger partial charge in [0, 0.05) is 23.6 Å². The van der Waals surface area contributed by atoms with Crippen LogP contribution >= 0.6 is 11.6 Å². The molecule has 22 heavy (non-hydrogen) atoms. The maximum Gasteiger partial charge on any atom is 0.417 e. The van der Waals surface area contributed by atoms with E-state index in [-0.39, 0.29) is 21.8 Å². The fourth-order valence-electron chi connectivity index (χ4n) is 1.87. The Morgan fingerprint density at radius 3 is 2.41 bits per heavy atom. The molecule has 0 aliphatic carbocycles. The normalized spacial score (nSPS) is 12.2. The number of halogens is 4. The highest BCUT2D eigenvalue weighted by atomic mass is 35.5. The van der Waals surface area contributed by atoms with Gasteiger partial charge in [0.15, 0.2) is 0 Å². The Labute approximate surface area is 130 Å². The molecule has 9 heteroatoms. The molecule has 1 aromatic heterocycles. The van der Waals surface area contributed by atoms with Gasteiger partial charge in [0.1, 0.15) is 0 Å². The molecule has 2 rings (SSSR count). The van der Waals surface area contributed by atoms with E-state index in [1.54, 1.807) is 0 Å². The maximum absolute atomic E-state index is 13.2. The third kappa shape index (κ3) is 3.89. The molecule has 0 saturated heterocycles. The van der Waals surface area contributed by atoms with Crippen LogP contribution in [-0.2, 0) is 16.2 Å². The highest BCUT2D eigenvalue weighted by Gasteiger charge is 2.34. The van der Waals surface area contributed by atoms with E-state index in [0.29, 0.717) is 0 Å². The number of aromatic nitrogens is 1. The van der Waals surface area contributed by atoms with Gasteiger partial charge in [-0.1, -0.05) is 17.7 Å². The zero-order valence-electron chi connectivity index (χ0n) is 11.1. The minimum Gasteiger partial charge on any atom is -0.284 e. The molecule has 0 aliphatic heterocycles. The zero-order chi connectivity index (χ0) is 16.5. The lowest BCUT2D eigenvalue weighted by Gasteiger charge is -2.15. The summed E-state index contributed by atoms with van der Waals surface area (Å²) < 4.78 is 64.0. The Morgan fingerprint density at radius 1 is 1.18 bits per heavy atom. The van der Waals surface area contributed by atoms with Crippen molar-refractivity contribution >= 4 is 27.3 Å². The fourth-order valence-corrected chi connectivity index (χ4v) is 2.63. The topological polar surface area (TPSA) is 59.1 Å². The molecule has 4 nitrogen and oxygen atoms in total. The maximum atomic E-state index is 13.2. The van der Waals surface area contributed by atoms with Crippen LogP contribution in [0.15, 0.2) is 36.7 Å². The minimum absolute atomic E-state index is 0.113. The first-order valence-electron chi connectivity index (χ1n) is 5.87. The standard InChI is InChI=1S/C13H10ClF3N2O2S/c1-22(20,21)19-8-2-3-9(11(6-8)13(15,16)17)10-7-18-5-4-12(10)14/h2-7,19H,1H3. The molecular formula is C13H10ClF3N2O2S. The lowest BCUT2D eigenvalue weighted by atomic mass is 10.00. The predicted octanol–water partition coefficient (Wildman–Crippen LogP) is 3.79.